The molecule has 42 heavy (non-hydrogen) atoms. The minimum Gasteiger partial charge on any atom is -0.480 e. The van der Waals surface area contributed by atoms with Crippen LogP contribution in [0.3, 0.4) is 0 Å². The first-order valence-electron chi connectivity index (χ1n) is 12.5. The van der Waals surface area contributed by atoms with Gasteiger partial charge >= 0.3 is 24.0 Å². The fourth-order valence-corrected chi connectivity index (χ4v) is 2.58. The second-order valence-electron chi connectivity index (χ2n) is 8.55. The molecule has 0 aliphatic heterocycles. The first-order valence-corrected chi connectivity index (χ1v) is 12.5. The van der Waals surface area contributed by atoms with Crippen LogP contribution in [0.1, 0.15) is 31.2 Å². The van der Waals surface area contributed by atoms with Crippen molar-refractivity contribution in [1.82, 2.24) is 5.32 Å². The van der Waals surface area contributed by atoms with E-state index in [2.05, 4.69) is 20.1 Å². The Morgan fingerprint density at radius 3 is 1.98 bits per heavy atom. The van der Waals surface area contributed by atoms with E-state index in [1.807, 2.05) is 18.2 Å². The molecule has 0 bridgehead atoms. The zero-order valence-electron chi connectivity index (χ0n) is 23.2. The van der Waals surface area contributed by atoms with E-state index in [0.29, 0.717) is 25.8 Å². The second kappa shape index (κ2) is 24.7. The van der Waals surface area contributed by atoms with Crippen molar-refractivity contribution in [3.8, 4) is 0 Å². The number of carbonyl (C=O) groups excluding carboxylic acids is 1. The summed E-state index contributed by atoms with van der Waals surface area (Å²) in [6, 6.07) is 6.07. The average molecular weight is 604 g/mol. The quantitative estimate of drug-likeness (QED) is 0.0463. The molecule has 0 radical (unpaired) electrons. The lowest BCUT2D eigenvalue weighted by Crippen LogP contribution is -2.43. The van der Waals surface area contributed by atoms with Gasteiger partial charge in [0.2, 0.25) is 0 Å². The Hall–Kier alpha value is -4.03. The largest absolute Gasteiger partial charge is 0.480 e. The van der Waals surface area contributed by atoms with E-state index in [0.717, 1.165) is 5.56 Å². The highest BCUT2D eigenvalue weighted by Crippen LogP contribution is 2.03. The normalized spacial score (nSPS) is 13.6. The SMILES string of the molecule is COC[C@H](N)C(=O)O.NC(CC(O)C(O)CNC(=O)OCc1ccccc1)C(=O)O.[N-]=[N+]=NCCCCC(N)C(=O)O. The number of nitrogens with zero attached hydrogens (tertiary/aromatic N) is 3. The van der Waals surface area contributed by atoms with E-state index < -0.39 is 54.3 Å². The maximum Gasteiger partial charge on any atom is 0.407 e. The maximum absolute atomic E-state index is 11.4. The monoisotopic (exact) mass is 603 g/mol. The maximum atomic E-state index is 11.4. The summed E-state index contributed by atoms with van der Waals surface area (Å²) in [7, 11) is 1.41. The highest BCUT2D eigenvalue weighted by molar-refractivity contribution is 5.73. The molecular formula is C24H41N7O11. The number of alkyl carbamates (subject to hydrolysis) is 1. The van der Waals surface area contributed by atoms with Crippen LogP contribution < -0.4 is 22.5 Å². The summed E-state index contributed by atoms with van der Waals surface area (Å²) in [5.74, 6) is -3.30. The smallest absolute Gasteiger partial charge is 0.407 e. The Kier molecular flexibility index (Phi) is 23.6. The first kappa shape index (κ1) is 40.1. The fraction of sp³-hybridized carbons (Fsp3) is 0.583. The predicted molar refractivity (Wildman–Crippen MR) is 148 cm³/mol. The summed E-state index contributed by atoms with van der Waals surface area (Å²) in [6.45, 7) is 0.272. The topological polar surface area (TPSA) is 327 Å². The van der Waals surface area contributed by atoms with E-state index >= 15 is 0 Å². The van der Waals surface area contributed by atoms with E-state index in [9.17, 15) is 29.4 Å². The second-order valence-corrected chi connectivity index (χ2v) is 8.55. The van der Waals surface area contributed by atoms with E-state index in [1.54, 1.807) is 12.1 Å². The predicted octanol–water partition coefficient (Wildman–Crippen LogP) is -0.640. The molecule has 18 nitrogen and oxygen atoms in total. The fourth-order valence-electron chi connectivity index (χ4n) is 2.58. The summed E-state index contributed by atoms with van der Waals surface area (Å²) in [6.07, 6.45) is -1.99. The number of aliphatic hydroxyl groups excluding tert-OH is 2. The van der Waals surface area contributed by atoms with Gasteiger partial charge in [0.15, 0.2) is 0 Å². The highest BCUT2D eigenvalue weighted by atomic mass is 16.5. The number of nitrogens with two attached hydrogens (primary N) is 3. The van der Waals surface area contributed by atoms with Crippen molar-refractivity contribution >= 4 is 24.0 Å². The molecule has 0 aliphatic rings. The Labute approximate surface area is 242 Å². The van der Waals surface area contributed by atoms with Crippen molar-refractivity contribution in [2.75, 3.05) is 26.8 Å². The molecule has 1 amide bonds. The van der Waals surface area contributed by atoms with E-state index in [4.69, 9.17) is 42.8 Å². The number of nitrogens with one attached hydrogen (secondary N) is 1. The van der Waals surface area contributed by atoms with Crippen LogP contribution >= 0.6 is 0 Å². The number of benzene rings is 1. The zero-order chi connectivity index (χ0) is 32.5. The molecule has 1 aromatic carbocycles. The molecule has 0 saturated heterocycles. The Balaban J connectivity index is 0. The molecule has 12 N–H and O–H groups in total. The van der Waals surface area contributed by atoms with Crippen molar-refractivity contribution in [2.24, 2.45) is 22.3 Å². The third-order valence-electron chi connectivity index (χ3n) is 4.99. The molecule has 4 unspecified atom stereocenters. The number of hydrogen-bond donors (Lipinski definition) is 9. The number of hydrogen-bond acceptors (Lipinski definition) is 12. The first-order chi connectivity index (χ1) is 19.8. The Morgan fingerprint density at radius 2 is 1.50 bits per heavy atom. The van der Waals surface area contributed by atoms with Gasteiger partial charge in [0, 0.05) is 31.5 Å². The number of methoxy groups -OCH3 is 1. The summed E-state index contributed by atoms with van der Waals surface area (Å²) in [5, 5.41) is 49.9. The van der Waals surface area contributed by atoms with Gasteiger partial charge < -0.3 is 57.5 Å². The minimum absolute atomic E-state index is 0.0648. The van der Waals surface area contributed by atoms with Crippen LogP contribution in [-0.2, 0) is 30.5 Å². The average Bonchev–Trinajstić information content (AvgIpc) is 2.95. The number of rotatable bonds is 17. The van der Waals surface area contributed by atoms with Crippen LogP contribution in [0.25, 0.3) is 10.4 Å². The van der Waals surface area contributed by atoms with Crippen molar-refractivity contribution < 1.29 is 54.2 Å². The number of aliphatic hydroxyl groups is 2. The van der Waals surface area contributed by atoms with Gasteiger partial charge in [-0.25, -0.2) is 4.79 Å². The van der Waals surface area contributed by atoms with E-state index in [1.165, 1.54) is 7.11 Å². The van der Waals surface area contributed by atoms with Gasteiger partial charge in [-0.1, -0.05) is 41.9 Å². The summed E-state index contributed by atoms with van der Waals surface area (Å²) < 4.78 is 9.38. The number of ether oxygens (including phenoxy) is 2. The molecular weight excluding hydrogens is 562 g/mol. The van der Waals surface area contributed by atoms with Crippen LogP contribution in [0.2, 0.25) is 0 Å². The number of carboxylic acid groups (broad SMARTS) is 3. The number of carboxylic acids is 3. The number of carbonyl (C=O) groups is 4. The van der Waals surface area contributed by atoms with Gasteiger partial charge in [0.1, 0.15) is 24.7 Å². The number of unbranched alkanes of at least 4 members (excludes halogenated alkanes) is 1. The van der Waals surface area contributed by atoms with Gasteiger partial charge in [-0.2, -0.15) is 0 Å². The number of amides is 1. The number of aliphatic carboxylic acids is 3. The van der Waals surface area contributed by atoms with Gasteiger partial charge in [-0.3, -0.25) is 14.4 Å². The molecule has 1 aromatic rings. The third kappa shape index (κ3) is 22.8. The van der Waals surface area contributed by atoms with Crippen molar-refractivity contribution in [3.63, 3.8) is 0 Å². The molecule has 0 aromatic heterocycles. The van der Waals surface area contributed by atoms with Gasteiger partial charge in [-0.05, 0) is 23.9 Å². The standard InChI is InChI=1S/C14H20N2O6.C6H12N4O2.C4H9NO3/c15-10(13(19)20)6-11(17)12(18)7-16-14(21)22-8-9-4-2-1-3-5-9;7-5(6(11)12)3-1-2-4-9-10-8;1-8-2-3(5)4(6)7/h1-5,10-12,17-18H,6-8,15H2,(H,16,21)(H,19,20);5H,1-4,7H2,(H,11,12);3H,2,5H2,1H3,(H,6,7)/t;;3-/m..0/s1. The molecule has 18 heteroatoms. The lowest BCUT2D eigenvalue weighted by molar-refractivity contribution is -0.140. The number of azide groups is 1. The molecule has 0 heterocycles. The van der Waals surface area contributed by atoms with Gasteiger partial charge in [-0.15, -0.1) is 0 Å². The molecule has 0 spiro atoms. The van der Waals surface area contributed by atoms with Gasteiger partial charge in [0.25, 0.3) is 0 Å². The molecule has 0 aliphatic carbocycles. The van der Waals surface area contributed by atoms with Crippen LogP contribution in [0, 0.1) is 0 Å². The van der Waals surface area contributed by atoms with Crippen molar-refractivity contribution in [2.45, 2.75) is 62.6 Å². The summed E-state index contributed by atoms with van der Waals surface area (Å²) in [5.41, 5.74) is 24.2. The Morgan fingerprint density at radius 1 is 0.929 bits per heavy atom. The Bertz CT molecular complexity index is 965. The van der Waals surface area contributed by atoms with Crippen molar-refractivity contribution in [3.05, 3.63) is 46.3 Å². The zero-order valence-corrected chi connectivity index (χ0v) is 23.2. The molecule has 0 fully saturated rings. The van der Waals surface area contributed by atoms with Crippen LogP contribution in [-0.4, -0.2) is 107 Å². The summed E-state index contributed by atoms with van der Waals surface area (Å²) in [4.78, 5) is 44.6. The molecule has 238 valence electrons. The minimum atomic E-state index is -1.36. The highest BCUT2D eigenvalue weighted by Gasteiger charge is 2.23. The molecule has 5 atom stereocenters. The molecule has 1 rings (SSSR count). The lowest BCUT2D eigenvalue weighted by Gasteiger charge is -2.19. The van der Waals surface area contributed by atoms with Crippen molar-refractivity contribution in [1.29, 1.82) is 0 Å². The third-order valence-corrected chi connectivity index (χ3v) is 4.99. The molecule has 0 saturated carbocycles. The van der Waals surface area contributed by atoms with Crippen LogP contribution in [0.15, 0.2) is 35.4 Å². The van der Waals surface area contributed by atoms with E-state index in [-0.39, 0.29) is 26.2 Å². The van der Waals surface area contributed by atoms with Crippen LogP contribution in [0.5, 0.6) is 0 Å². The van der Waals surface area contributed by atoms with Gasteiger partial charge in [0.05, 0.1) is 18.8 Å². The van der Waals surface area contributed by atoms with Crippen LogP contribution in [0.4, 0.5) is 4.79 Å². The lowest BCUT2D eigenvalue weighted by atomic mass is 10.1. The summed E-state index contributed by atoms with van der Waals surface area (Å²) >= 11 is 0.